The van der Waals surface area contributed by atoms with Gasteiger partial charge in [-0.25, -0.2) is 0 Å². The normalized spacial score (nSPS) is 16.4. The number of anilines is 1. The molecule has 5 rings (SSSR count). The van der Waals surface area contributed by atoms with Crippen LogP contribution in [0.3, 0.4) is 0 Å². The van der Waals surface area contributed by atoms with Crippen molar-refractivity contribution in [3.05, 3.63) is 130 Å². The molecule has 0 radical (unpaired) electrons. The van der Waals surface area contributed by atoms with Crippen molar-refractivity contribution in [1.82, 2.24) is 0 Å². The summed E-state index contributed by atoms with van der Waals surface area (Å²) >= 11 is 0. The number of carbonyl (C=O) groups excluding carboxylic acids is 2. The van der Waals surface area contributed by atoms with Gasteiger partial charge in [0.25, 0.3) is 11.7 Å². The van der Waals surface area contributed by atoms with Crippen LogP contribution in [0.5, 0.6) is 11.5 Å². The van der Waals surface area contributed by atoms with E-state index in [0.717, 1.165) is 22.3 Å². The van der Waals surface area contributed by atoms with Crippen molar-refractivity contribution >= 4 is 23.1 Å². The molecule has 1 N–H and O–H groups in total. The molecule has 1 amide bonds. The highest BCUT2D eigenvalue weighted by Crippen LogP contribution is 2.43. The highest BCUT2D eigenvalue weighted by Gasteiger charge is 2.47. The quantitative estimate of drug-likeness (QED) is 0.131. The third kappa shape index (κ3) is 6.19. The van der Waals surface area contributed by atoms with E-state index in [2.05, 4.69) is 20.8 Å². The second-order valence-electron chi connectivity index (χ2n) is 11.7. The number of carbonyl (C=O) groups is 2. The van der Waals surface area contributed by atoms with E-state index in [4.69, 9.17) is 9.47 Å². The minimum absolute atomic E-state index is 0.0414. The topological polar surface area (TPSA) is 76.1 Å². The van der Waals surface area contributed by atoms with Crippen molar-refractivity contribution in [2.24, 2.45) is 0 Å². The summed E-state index contributed by atoms with van der Waals surface area (Å²) < 4.78 is 11.6. The molecule has 43 heavy (non-hydrogen) atoms. The highest BCUT2D eigenvalue weighted by molar-refractivity contribution is 6.51. The molecule has 1 aliphatic heterocycles. The van der Waals surface area contributed by atoms with Gasteiger partial charge in [0, 0.05) is 11.3 Å². The zero-order chi connectivity index (χ0) is 30.7. The first-order valence-electron chi connectivity index (χ1n) is 14.5. The van der Waals surface area contributed by atoms with Crippen LogP contribution in [0.2, 0.25) is 0 Å². The summed E-state index contributed by atoms with van der Waals surface area (Å²) in [5.41, 5.74) is 4.63. The van der Waals surface area contributed by atoms with Gasteiger partial charge in [-0.1, -0.05) is 75.4 Å². The van der Waals surface area contributed by atoms with E-state index in [-0.39, 0.29) is 16.7 Å². The number of benzene rings is 4. The maximum absolute atomic E-state index is 13.6. The fourth-order valence-corrected chi connectivity index (χ4v) is 5.30. The Morgan fingerprint density at radius 3 is 2.14 bits per heavy atom. The van der Waals surface area contributed by atoms with Gasteiger partial charge >= 0.3 is 0 Å². The van der Waals surface area contributed by atoms with Gasteiger partial charge < -0.3 is 14.6 Å². The van der Waals surface area contributed by atoms with Gasteiger partial charge in [0.2, 0.25) is 0 Å². The monoisotopic (exact) mass is 575 g/mol. The number of aliphatic hydroxyl groups excluding tert-OH is 1. The van der Waals surface area contributed by atoms with Crippen LogP contribution >= 0.6 is 0 Å². The number of aliphatic hydroxyl groups is 1. The van der Waals surface area contributed by atoms with E-state index in [0.29, 0.717) is 36.0 Å². The predicted octanol–water partition coefficient (Wildman–Crippen LogP) is 7.90. The van der Waals surface area contributed by atoms with Gasteiger partial charge in [-0.3, -0.25) is 14.5 Å². The molecular formula is C37H37NO5. The van der Waals surface area contributed by atoms with Crippen molar-refractivity contribution in [3.63, 3.8) is 0 Å². The molecule has 1 saturated heterocycles. The Labute approximate surface area is 253 Å². The smallest absolute Gasteiger partial charge is 0.300 e. The first-order valence-corrected chi connectivity index (χ1v) is 14.5. The Morgan fingerprint density at radius 1 is 0.860 bits per heavy atom. The van der Waals surface area contributed by atoms with Gasteiger partial charge in [-0.05, 0) is 84.0 Å². The Kier molecular flexibility index (Phi) is 8.40. The van der Waals surface area contributed by atoms with E-state index in [9.17, 15) is 14.7 Å². The zero-order valence-electron chi connectivity index (χ0n) is 25.3. The standard InChI is InChI=1S/C37H37NO5/c1-6-42-30-19-17-29(18-20-30)38-33(26-12-15-28(16-13-26)37(3,4)5)32(35(40)36(38)41)34(39)27-14-21-31(24(2)22-27)43-23-25-10-8-7-9-11-25/h7-22,33,39H,6,23H2,1-5H3/b34-32-. The summed E-state index contributed by atoms with van der Waals surface area (Å²) in [5.74, 6) is -0.327. The molecule has 220 valence electrons. The number of hydrogen-bond acceptors (Lipinski definition) is 5. The molecule has 0 aromatic heterocycles. The second kappa shape index (κ2) is 12.2. The summed E-state index contributed by atoms with van der Waals surface area (Å²) in [7, 11) is 0. The van der Waals surface area contributed by atoms with Crippen LogP contribution in [0, 0.1) is 6.92 Å². The predicted molar refractivity (Wildman–Crippen MR) is 169 cm³/mol. The molecule has 1 unspecified atom stereocenters. The van der Waals surface area contributed by atoms with Crippen LogP contribution in [-0.2, 0) is 21.6 Å². The average molecular weight is 576 g/mol. The van der Waals surface area contributed by atoms with Crippen LogP contribution in [0.15, 0.2) is 103 Å². The minimum Gasteiger partial charge on any atom is -0.507 e. The summed E-state index contributed by atoms with van der Waals surface area (Å²) in [6.07, 6.45) is 0. The van der Waals surface area contributed by atoms with Crippen molar-refractivity contribution in [1.29, 1.82) is 0 Å². The lowest BCUT2D eigenvalue weighted by Gasteiger charge is -2.27. The molecule has 6 nitrogen and oxygen atoms in total. The molecule has 6 heteroatoms. The number of hydrogen-bond donors (Lipinski definition) is 1. The molecule has 4 aromatic rings. The van der Waals surface area contributed by atoms with Gasteiger partial charge in [0.15, 0.2) is 0 Å². The lowest BCUT2D eigenvalue weighted by atomic mass is 9.85. The molecule has 1 atom stereocenters. The SMILES string of the molecule is CCOc1ccc(N2C(=O)C(=O)/C(=C(\O)c3ccc(OCc4ccccc4)c(C)c3)C2c2ccc(C(C)(C)C)cc2)cc1. The molecule has 0 saturated carbocycles. The first-order chi connectivity index (χ1) is 20.6. The Bertz CT molecular complexity index is 1650. The zero-order valence-corrected chi connectivity index (χ0v) is 25.3. The van der Waals surface area contributed by atoms with E-state index in [1.807, 2.05) is 68.4 Å². The van der Waals surface area contributed by atoms with Crippen LogP contribution in [-0.4, -0.2) is 23.4 Å². The first kappa shape index (κ1) is 29.6. The molecule has 1 aliphatic rings. The largest absolute Gasteiger partial charge is 0.507 e. The lowest BCUT2D eigenvalue weighted by Crippen LogP contribution is -2.29. The van der Waals surface area contributed by atoms with Crippen LogP contribution in [0.4, 0.5) is 5.69 Å². The molecule has 0 bridgehead atoms. The fraction of sp³-hybridized carbons (Fsp3) is 0.243. The molecule has 1 heterocycles. The maximum atomic E-state index is 13.6. The van der Waals surface area contributed by atoms with Crippen LogP contribution in [0.25, 0.3) is 5.76 Å². The summed E-state index contributed by atoms with van der Waals surface area (Å²) in [4.78, 5) is 28.7. The highest BCUT2D eigenvalue weighted by atomic mass is 16.5. The van der Waals surface area contributed by atoms with Crippen LogP contribution < -0.4 is 14.4 Å². The Morgan fingerprint density at radius 2 is 1.53 bits per heavy atom. The van der Waals surface area contributed by atoms with Gasteiger partial charge in [0.1, 0.15) is 23.9 Å². The van der Waals surface area contributed by atoms with Crippen LogP contribution in [0.1, 0.15) is 61.6 Å². The number of ether oxygens (including phenoxy) is 2. The molecule has 0 aliphatic carbocycles. The Hall–Kier alpha value is -4.84. The number of aryl methyl sites for hydroxylation is 1. The number of rotatable bonds is 8. The average Bonchev–Trinajstić information content (AvgIpc) is 3.26. The lowest BCUT2D eigenvalue weighted by molar-refractivity contribution is -0.132. The number of Topliss-reactive ketones (excluding diaryl/α,β-unsaturated/α-hetero) is 1. The Balaban J connectivity index is 1.56. The number of amides is 1. The minimum atomic E-state index is -0.818. The van der Waals surface area contributed by atoms with E-state index < -0.39 is 17.7 Å². The van der Waals surface area contributed by atoms with Crippen molar-refractivity contribution in [2.45, 2.75) is 52.7 Å². The third-order valence-corrected chi connectivity index (χ3v) is 7.65. The van der Waals surface area contributed by atoms with Crippen molar-refractivity contribution in [3.8, 4) is 11.5 Å². The fourth-order valence-electron chi connectivity index (χ4n) is 5.30. The maximum Gasteiger partial charge on any atom is 0.300 e. The summed E-state index contributed by atoms with van der Waals surface area (Å²) in [6.45, 7) is 11.1. The third-order valence-electron chi connectivity index (χ3n) is 7.65. The van der Waals surface area contributed by atoms with Gasteiger partial charge in [-0.2, -0.15) is 0 Å². The number of ketones is 1. The second-order valence-corrected chi connectivity index (χ2v) is 11.7. The van der Waals surface area contributed by atoms with Crippen molar-refractivity contribution < 1.29 is 24.2 Å². The molecular weight excluding hydrogens is 538 g/mol. The van der Waals surface area contributed by atoms with Gasteiger partial charge in [0.05, 0.1) is 18.2 Å². The molecule has 1 fully saturated rings. The summed E-state index contributed by atoms with van der Waals surface area (Å²) in [5, 5.41) is 11.6. The number of nitrogens with zero attached hydrogens (tertiary/aromatic N) is 1. The molecule has 0 spiro atoms. The van der Waals surface area contributed by atoms with Crippen molar-refractivity contribution in [2.75, 3.05) is 11.5 Å². The van der Waals surface area contributed by atoms with E-state index in [1.54, 1.807) is 42.5 Å². The van der Waals surface area contributed by atoms with Gasteiger partial charge in [-0.15, -0.1) is 0 Å². The van der Waals surface area contributed by atoms with E-state index in [1.165, 1.54) is 4.90 Å². The summed E-state index contributed by atoms with van der Waals surface area (Å²) in [6, 6.07) is 29.3. The molecule has 4 aromatic carbocycles. The van der Waals surface area contributed by atoms with E-state index >= 15 is 0 Å².